The summed E-state index contributed by atoms with van der Waals surface area (Å²) in [6, 6.07) is 5.98. The zero-order valence-corrected chi connectivity index (χ0v) is 19.2. The van der Waals surface area contributed by atoms with Gasteiger partial charge in [0.1, 0.15) is 4.70 Å². The number of ether oxygens (including phenoxy) is 1. The molecule has 4 rings (SSSR count). The topological polar surface area (TPSA) is 47.4 Å². The molecule has 1 aromatic carbocycles. The van der Waals surface area contributed by atoms with Gasteiger partial charge in [-0.25, -0.2) is 4.98 Å². The van der Waals surface area contributed by atoms with Gasteiger partial charge in [-0.15, -0.1) is 11.8 Å². The van der Waals surface area contributed by atoms with Crippen LogP contribution in [0.1, 0.15) is 23.6 Å². The van der Waals surface area contributed by atoms with Crippen LogP contribution in [0.3, 0.4) is 0 Å². The van der Waals surface area contributed by atoms with Crippen LogP contribution in [0.25, 0.3) is 10.3 Å². The fourth-order valence-electron chi connectivity index (χ4n) is 3.70. The van der Waals surface area contributed by atoms with Crippen molar-refractivity contribution in [3.63, 3.8) is 0 Å². The average molecular weight is 450 g/mol. The summed E-state index contributed by atoms with van der Waals surface area (Å²) in [5.41, 5.74) is 3.95. The largest absolute Gasteiger partial charge is 0.378 e. The van der Waals surface area contributed by atoms with Crippen LogP contribution >= 0.6 is 34.7 Å². The maximum atomic E-state index is 13.2. The second kappa shape index (κ2) is 8.68. The summed E-state index contributed by atoms with van der Waals surface area (Å²) in [5, 5.41) is 2.65. The van der Waals surface area contributed by atoms with E-state index in [4.69, 9.17) is 21.3 Å². The maximum absolute atomic E-state index is 13.2. The van der Waals surface area contributed by atoms with E-state index < -0.39 is 0 Å². The van der Waals surface area contributed by atoms with Crippen LogP contribution in [0.5, 0.6) is 0 Å². The molecule has 3 heterocycles. The molecule has 0 N–H and O–H groups in total. The van der Waals surface area contributed by atoms with Crippen LogP contribution in [0.2, 0.25) is 5.02 Å². The van der Waals surface area contributed by atoms with Crippen molar-refractivity contribution in [2.24, 2.45) is 0 Å². The second-order valence-electron chi connectivity index (χ2n) is 7.03. The number of nitrogens with zero attached hydrogens (tertiary/aromatic N) is 3. The van der Waals surface area contributed by atoms with Crippen molar-refractivity contribution in [3.8, 4) is 0 Å². The molecule has 1 aliphatic heterocycles. The first kappa shape index (κ1) is 20.7. The number of aromatic nitrogens is 2. The molecule has 3 aromatic rings. The van der Waals surface area contributed by atoms with Gasteiger partial charge in [-0.3, -0.25) is 4.79 Å². The Balaban J connectivity index is 1.92. The van der Waals surface area contributed by atoms with E-state index in [0.29, 0.717) is 26.2 Å². The van der Waals surface area contributed by atoms with Gasteiger partial charge in [-0.05, 0) is 36.8 Å². The van der Waals surface area contributed by atoms with Crippen LogP contribution in [0.15, 0.2) is 28.0 Å². The summed E-state index contributed by atoms with van der Waals surface area (Å²) in [6.07, 6.45) is 2.72. The first-order chi connectivity index (χ1) is 14.0. The van der Waals surface area contributed by atoms with Gasteiger partial charge < -0.3 is 14.2 Å². The summed E-state index contributed by atoms with van der Waals surface area (Å²) in [7, 11) is 0. The summed E-state index contributed by atoms with van der Waals surface area (Å²) in [6.45, 7) is 7.71. The number of hydrogen-bond donors (Lipinski definition) is 0. The molecule has 2 aromatic heterocycles. The second-order valence-corrected chi connectivity index (χ2v) is 9.21. The van der Waals surface area contributed by atoms with Crippen molar-refractivity contribution in [1.82, 2.24) is 9.55 Å². The van der Waals surface area contributed by atoms with Crippen LogP contribution in [0, 0.1) is 6.92 Å². The van der Waals surface area contributed by atoms with Gasteiger partial charge in [0.05, 0.1) is 24.8 Å². The number of hydrogen-bond acceptors (Lipinski definition) is 6. The number of benzene rings is 1. The Morgan fingerprint density at radius 3 is 2.76 bits per heavy atom. The molecular weight excluding hydrogens is 426 g/mol. The third-order valence-electron chi connectivity index (χ3n) is 5.37. The fraction of sp³-hybridized carbons (Fsp3) is 0.429. The maximum Gasteiger partial charge on any atom is 0.205 e. The Morgan fingerprint density at radius 2 is 2.07 bits per heavy atom. The van der Waals surface area contributed by atoms with Crippen molar-refractivity contribution in [2.45, 2.75) is 31.8 Å². The number of anilines is 1. The molecule has 0 atom stereocenters. The molecule has 0 saturated carbocycles. The predicted molar refractivity (Wildman–Crippen MR) is 123 cm³/mol. The number of rotatable bonds is 5. The molecular formula is C21H24ClN3O2S2. The minimum absolute atomic E-state index is 0.114. The standard InChI is InChI=1S/C21H24ClN3O2S2/c1-4-15-17(26)18-19(23-21(29-18)24-8-10-27-11-9-24)25(20(15)28-3)12-14-6-5-7-16(22)13(14)2/h5-7H,4,8-12H2,1-3H3. The quantitative estimate of drug-likeness (QED) is 0.533. The first-order valence-corrected chi connectivity index (χ1v) is 12.1. The molecule has 5 nitrogen and oxygen atoms in total. The highest BCUT2D eigenvalue weighted by molar-refractivity contribution is 7.98. The fourth-order valence-corrected chi connectivity index (χ4v) is 5.84. The van der Waals surface area contributed by atoms with Crippen molar-refractivity contribution < 1.29 is 4.74 Å². The third kappa shape index (κ3) is 3.81. The SMILES string of the molecule is CCc1c(SC)n(Cc2cccc(Cl)c2C)c2nc(N3CCOCC3)sc2c1=O. The van der Waals surface area contributed by atoms with E-state index in [2.05, 4.69) is 15.5 Å². The number of halogens is 1. The van der Waals surface area contributed by atoms with E-state index in [1.165, 1.54) is 11.3 Å². The van der Waals surface area contributed by atoms with Gasteiger partial charge in [-0.2, -0.15) is 0 Å². The highest BCUT2D eigenvalue weighted by Crippen LogP contribution is 2.33. The van der Waals surface area contributed by atoms with Crippen LogP contribution in [-0.4, -0.2) is 42.1 Å². The molecule has 154 valence electrons. The number of thioether (sulfide) groups is 1. The summed E-state index contributed by atoms with van der Waals surface area (Å²) in [4.78, 5) is 20.4. The Morgan fingerprint density at radius 1 is 1.31 bits per heavy atom. The van der Waals surface area contributed by atoms with Gasteiger partial charge in [0.2, 0.25) is 5.43 Å². The average Bonchev–Trinajstić information content (AvgIpc) is 3.19. The molecule has 1 fully saturated rings. The Hall–Kier alpha value is -1.54. The van der Waals surface area contributed by atoms with Gasteiger partial charge in [0, 0.05) is 23.7 Å². The van der Waals surface area contributed by atoms with Gasteiger partial charge in [-0.1, -0.05) is 42.0 Å². The molecule has 8 heteroatoms. The molecule has 1 saturated heterocycles. The van der Waals surface area contributed by atoms with Crippen molar-refractivity contribution in [3.05, 3.63) is 50.1 Å². The number of fused-ring (bicyclic) bond motifs is 1. The van der Waals surface area contributed by atoms with E-state index in [1.54, 1.807) is 11.8 Å². The van der Waals surface area contributed by atoms with Gasteiger partial charge in [0.25, 0.3) is 0 Å². The molecule has 0 spiro atoms. The molecule has 0 amide bonds. The van der Waals surface area contributed by atoms with Gasteiger partial charge >= 0.3 is 0 Å². The molecule has 29 heavy (non-hydrogen) atoms. The van der Waals surface area contributed by atoms with E-state index in [-0.39, 0.29) is 5.43 Å². The number of thiazole rings is 1. The van der Waals surface area contributed by atoms with Crippen molar-refractivity contribution >= 4 is 50.2 Å². The van der Waals surface area contributed by atoms with E-state index in [0.717, 1.165) is 55.3 Å². The van der Waals surface area contributed by atoms with Gasteiger partial charge in [0.15, 0.2) is 10.8 Å². The minimum Gasteiger partial charge on any atom is -0.378 e. The minimum atomic E-state index is 0.114. The van der Waals surface area contributed by atoms with E-state index >= 15 is 0 Å². The highest BCUT2D eigenvalue weighted by atomic mass is 35.5. The van der Waals surface area contributed by atoms with Crippen LogP contribution < -0.4 is 10.3 Å². The summed E-state index contributed by atoms with van der Waals surface area (Å²) < 4.78 is 8.40. The zero-order chi connectivity index (χ0) is 20.5. The van der Waals surface area contributed by atoms with Crippen LogP contribution in [0.4, 0.5) is 5.13 Å². The van der Waals surface area contributed by atoms with E-state index in [1.807, 2.05) is 32.2 Å². The lowest BCUT2D eigenvalue weighted by Crippen LogP contribution is -2.36. The normalized spacial score (nSPS) is 14.7. The number of pyridine rings is 1. The Bertz CT molecular complexity index is 1100. The highest BCUT2D eigenvalue weighted by Gasteiger charge is 2.23. The Kier molecular flexibility index (Phi) is 6.20. The lowest BCUT2D eigenvalue weighted by atomic mass is 10.1. The lowest BCUT2D eigenvalue weighted by molar-refractivity contribution is 0.122. The Labute approximate surface area is 183 Å². The lowest BCUT2D eigenvalue weighted by Gasteiger charge is -2.25. The molecule has 1 aliphatic rings. The number of morpholine rings is 1. The van der Waals surface area contributed by atoms with Crippen molar-refractivity contribution in [1.29, 1.82) is 0 Å². The van der Waals surface area contributed by atoms with Crippen molar-refractivity contribution in [2.75, 3.05) is 37.5 Å². The summed E-state index contributed by atoms with van der Waals surface area (Å²) >= 11 is 9.48. The monoisotopic (exact) mass is 449 g/mol. The predicted octanol–water partition coefficient (Wildman–Crippen LogP) is 4.59. The molecule has 0 bridgehead atoms. The molecule has 0 radical (unpaired) electrons. The third-order valence-corrected chi connectivity index (χ3v) is 7.74. The van der Waals surface area contributed by atoms with E-state index in [9.17, 15) is 4.79 Å². The molecule has 0 aliphatic carbocycles. The van der Waals surface area contributed by atoms with Crippen LogP contribution in [-0.2, 0) is 17.7 Å². The molecule has 0 unspecified atom stereocenters. The first-order valence-electron chi connectivity index (χ1n) is 9.72. The summed E-state index contributed by atoms with van der Waals surface area (Å²) in [5.74, 6) is 0. The smallest absolute Gasteiger partial charge is 0.205 e. The zero-order valence-electron chi connectivity index (χ0n) is 16.8.